The zero-order valence-corrected chi connectivity index (χ0v) is 26.9. The topological polar surface area (TPSA) is 41.7 Å². The first-order chi connectivity index (χ1) is 23.8. The molecule has 2 aliphatic rings. The Morgan fingerprint density at radius 2 is 1.40 bits per heavy atom. The van der Waals surface area contributed by atoms with Gasteiger partial charge in [-0.3, -0.25) is 4.57 Å². The van der Waals surface area contributed by atoms with Crippen LogP contribution in [0.3, 0.4) is 0 Å². The largest absolute Gasteiger partial charge is 0.330 e. The van der Waals surface area contributed by atoms with Crippen LogP contribution in [0.4, 0.5) is 0 Å². The Morgan fingerprint density at radius 1 is 0.646 bits per heavy atom. The summed E-state index contributed by atoms with van der Waals surface area (Å²) in [5.74, 6) is 1.48. The SMILES string of the molecule is C1=Cc2ccc3c(sc4c(-c5ccc6c7ccccc7n(C7=NC(c8ccccc8)=NC(c8ccccc8)N7)c6c5)cccc43)c2CC1. The first-order valence-electron chi connectivity index (χ1n) is 16.5. The second-order valence-corrected chi connectivity index (χ2v) is 13.6. The maximum atomic E-state index is 5.21. The molecule has 0 bridgehead atoms. The number of nitrogens with zero attached hydrogens (tertiary/aromatic N) is 3. The van der Waals surface area contributed by atoms with E-state index < -0.39 is 0 Å². The summed E-state index contributed by atoms with van der Waals surface area (Å²) in [7, 11) is 0. The number of hydrogen-bond acceptors (Lipinski definition) is 4. The van der Waals surface area contributed by atoms with E-state index in [9.17, 15) is 0 Å². The fourth-order valence-electron chi connectivity index (χ4n) is 7.45. The van der Waals surface area contributed by atoms with Crippen molar-refractivity contribution in [2.24, 2.45) is 9.98 Å². The molecule has 228 valence electrons. The Balaban J connectivity index is 1.19. The van der Waals surface area contributed by atoms with Gasteiger partial charge in [0.15, 0.2) is 5.84 Å². The molecular weight excluding hydrogens is 605 g/mol. The molecule has 1 atom stereocenters. The summed E-state index contributed by atoms with van der Waals surface area (Å²) in [6.07, 6.45) is 6.51. The molecule has 1 aliphatic heterocycles. The van der Waals surface area contributed by atoms with E-state index >= 15 is 0 Å². The molecule has 10 rings (SSSR count). The molecule has 0 spiro atoms. The number of allylic oxidation sites excluding steroid dienone is 1. The van der Waals surface area contributed by atoms with Crippen molar-refractivity contribution in [1.82, 2.24) is 9.88 Å². The number of para-hydroxylation sites is 1. The minimum absolute atomic E-state index is 0.277. The summed E-state index contributed by atoms with van der Waals surface area (Å²) in [4.78, 5) is 10.3. The highest BCUT2D eigenvalue weighted by Crippen LogP contribution is 2.44. The van der Waals surface area contributed by atoms with Gasteiger partial charge in [0.2, 0.25) is 5.96 Å². The van der Waals surface area contributed by atoms with E-state index in [-0.39, 0.29) is 6.17 Å². The Morgan fingerprint density at radius 3 is 2.29 bits per heavy atom. The van der Waals surface area contributed by atoms with Crippen LogP contribution in [0.25, 0.3) is 59.2 Å². The molecule has 3 heterocycles. The number of nitrogens with one attached hydrogen (secondary N) is 1. The molecule has 0 fully saturated rings. The van der Waals surface area contributed by atoms with Crippen LogP contribution in [0, 0.1) is 0 Å². The molecule has 5 heteroatoms. The predicted octanol–water partition coefficient (Wildman–Crippen LogP) is 10.7. The number of benzene rings is 6. The van der Waals surface area contributed by atoms with Gasteiger partial charge in [-0.15, -0.1) is 11.3 Å². The van der Waals surface area contributed by atoms with Crippen molar-refractivity contribution in [2.75, 3.05) is 0 Å². The average molecular weight is 635 g/mol. The maximum absolute atomic E-state index is 5.21. The molecule has 2 aromatic heterocycles. The highest BCUT2D eigenvalue weighted by molar-refractivity contribution is 7.26. The summed E-state index contributed by atoms with van der Waals surface area (Å²) >= 11 is 1.94. The highest BCUT2D eigenvalue weighted by atomic mass is 32.1. The number of thiophene rings is 1. The second-order valence-electron chi connectivity index (χ2n) is 12.5. The quantitative estimate of drug-likeness (QED) is 0.206. The number of aryl methyl sites for hydroxylation is 1. The number of rotatable bonds is 3. The predicted molar refractivity (Wildman–Crippen MR) is 203 cm³/mol. The molecule has 6 aromatic carbocycles. The minimum Gasteiger partial charge on any atom is -0.330 e. The first-order valence-corrected chi connectivity index (χ1v) is 17.3. The third kappa shape index (κ3) is 4.28. The van der Waals surface area contributed by atoms with E-state index in [1.54, 1.807) is 0 Å². The van der Waals surface area contributed by atoms with E-state index in [1.807, 2.05) is 35.6 Å². The van der Waals surface area contributed by atoms with Crippen LogP contribution in [0.15, 0.2) is 150 Å². The molecule has 0 amide bonds. The van der Waals surface area contributed by atoms with Crippen molar-refractivity contribution in [3.05, 3.63) is 162 Å². The van der Waals surface area contributed by atoms with Gasteiger partial charge < -0.3 is 5.32 Å². The number of aromatic nitrogens is 1. The summed E-state index contributed by atoms with van der Waals surface area (Å²) in [6.45, 7) is 0. The van der Waals surface area contributed by atoms with Gasteiger partial charge in [-0.05, 0) is 52.8 Å². The zero-order chi connectivity index (χ0) is 31.6. The molecule has 48 heavy (non-hydrogen) atoms. The fourth-order valence-corrected chi connectivity index (χ4v) is 8.87. The normalized spacial score (nSPS) is 15.9. The number of fused-ring (bicyclic) bond motifs is 8. The van der Waals surface area contributed by atoms with Gasteiger partial charge in [0, 0.05) is 36.5 Å². The van der Waals surface area contributed by atoms with Gasteiger partial charge in [-0.2, -0.15) is 4.99 Å². The third-order valence-electron chi connectivity index (χ3n) is 9.74. The van der Waals surface area contributed by atoms with Crippen molar-refractivity contribution in [1.29, 1.82) is 0 Å². The molecule has 4 nitrogen and oxygen atoms in total. The smallest absolute Gasteiger partial charge is 0.211 e. The molecule has 1 aliphatic carbocycles. The van der Waals surface area contributed by atoms with E-state index in [4.69, 9.17) is 9.98 Å². The summed E-state index contributed by atoms with van der Waals surface area (Å²) in [5, 5.41) is 8.80. The fraction of sp³-hybridized carbons (Fsp3) is 0.0698. The van der Waals surface area contributed by atoms with Gasteiger partial charge in [0.05, 0.1) is 11.0 Å². The molecule has 1 unspecified atom stereocenters. The lowest BCUT2D eigenvalue weighted by Crippen LogP contribution is -2.37. The standard InChI is InChI=1S/C43H30N4S/c1-3-13-28(14-4-1)41-44-42(29-15-5-2-6-16-29)46-43(45-41)47-37-21-10-9-18-33(37)34-24-23-30(26-38(34)47)32-19-11-20-35-36-25-22-27-12-7-8-17-31(27)39(36)48-40(32)35/h1-7,9-16,18-26,41H,8,17H2,(H,44,45,46). The summed E-state index contributed by atoms with van der Waals surface area (Å²) in [5.41, 5.74) is 9.62. The van der Waals surface area contributed by atoms with E-state index in [0.717, 1.165) is 41.0 Å². The van der Waals surface area contributed by atoms with Crippen LogP contribution < -0.4 is 5.32 Å². The lowest BCUT2D eigenvalue weighted by atomic mass is 9.95. The van der Waals surface area contributed by atoms with Gasteiger partial charge in [0.25, 0.3) is 0 Å². The molecule has 0 saturated heterocycles. The second kappa shape index (κ2) is 10.9. The Labute approximate surface area is 282 Å². The van der Waals surface area contributed by atoms with Crippen molar-refractivity contribution < 1.29 is 0 Å². The van der Waals surface area contributed by atoms with Gasteiger partial charge >= 0.3 is 0 Å². The van der Waals surface area contributed by atoms with Crippen LogP contribution in [-0.4, -0.2) is 16.4 Å². The van der Waals surface area contributed by atoms with Crippen LogP contribution in [-0.2, 0) is 6.42 Å². The van der Waals surface area contributed by atoms with Gasteiger partial charge in [-0.1, -0.05) is 133 Å². The van der Waals surface area contributed by atoms with E-state index in [1.165, 1.54) is 53.2 Å². The maximum Gasteiger partial charge on any atom is 0.211 e. The van der Waals surface area contributed by atoms with Crippen molar-refractivity contribution in [3.63, 3.8) is 0 Å². The van der Waals surface area contributed by atoms with Crippen LogP contribution in [0.2, 0.25) is 0 Å². The zero-order valence-electron chi connectivity index (χ0n) is 26.1. The Hall–Kier alpha value is -5.78. The van der Waals surface area contributed by atoms with Crippen molar-refractivity contribution >= 4 is 71.2 Å². The summed E-state index contributed by atoms with van der Waals surface area (Å²) < 4.78 is 5.05. The molecule has 0 radical (unpaired) electrons. The van der Waals surface area contributed by atoms with Crippen molar-refractivity contribution in [2.45, 2.75) is 19.0 Å². The molecule has 1 N–H and O–H groups in total. The van der Waals surface area contributed by atoms with Crippen LogP contribution >= 0.6 is 11.3 Å². The lowest BCUT2D eigenvalue weighted by Gasteiger charge is -2.24. The Kier molecular flexibility index (Phi) is 6.21. The van der Waals surface area contributed by atoms with Crippen molar-refractivity contribution in [3.8, 4) is 11.1 Å². The lowest BCUT2D eigenvalue weighted by molar-refractivity contribution is 0.661. The van der Waals surface area contributed by atoms with E-state index in [2.05, 4.69) is 131 Å². The third-order valence-corrected chi connectivity index (χ3v) is 11.1. The summed E-state index contributed by atoms with van der Waals surface area (Å²) in [6, 6.07) is 47.6. The Bertz CT molecular complexity index is 2640. The number of hydrogen-bond donors (Lipinski definition) is 1. The van der Waals surface area contributed by atoms with Gasteiger partial charge in [0.1, 0.15) is 6.17 Å². The highest BCUT2D eigenvalue weighted by Gasteiger charge is 2.24. The van der Waals surface area contributed by atoms with Crippen LogP contribution in [0.1, 0.15) is 34.8 Å². The average Bonchev–Trinajstić information content (AvgIpc) is 3.71. The number of aliphatic imine (C=N–C) groups is 2. The first kappa shape index (κ1) is 27.3. The number of amidine groups is 1. The monoisotopic (exact) mass is 634 g/mol. The van der Waals surface area contributed by atoms with Gasteiger partial charge in [-0.25, -0.2) is 4.99 Å². The van der Waals surface area contributed by atoms with Crippen LogP contribution in [0.5, 0.6) is 0 Å². The molecular formula is C43H30N4S. The molecule has 8 aromatic rings. The molecule has 0 saturated carbocycles. The van der Waals surface area contributed by atoms with E-state index in [0.29, 0.717) is 5.84 Å². The minimum atomic E-state index is -0.277.